The summed E-state index contributed by atoms with van der Waals surface area (Å²) in [6, 6.07) is 0. The Kier molecular flexibility index (Phi) is 5.41. The van der Waals surface area contributed by atoms with Gasteiger partial charge >= 0.3 is 5.82 Å². The maximum atomic E-state index is 10.5. The fourth-order valence-electron chi connectivity index (χ4n) is 1.36. The highest BCUT2D eigenvalue weighted by atomic mass is 79.9. The molecule has 0 fully saturated rings. The van der Waals surface area contributed by atoms with Crippen molar-refractivity contribution in [3.8, 4) is 0 Å². The lowest BCUT2D eigenvalue weighted by molar-refractivity contribution is -0.390. The summed E-state index contributed by atoms with van der Waals surface area (Å²) < 4.78 is 1.98. The van der Waals surface area contributed by atoms with Crippen molar-refractivity contribution < 1.29 is 10.0 Å². The molecule has 0 aliphatic carbocycles. The molecule has 1 N–H and O–H groups in total. The van der Waals surface area contributed by atoms with E-state index in [0.29, 0.717) is 11.0 Å². The van der Waals surface area contributed by atoms with E-state index in [2.05, 4.69) is 21.0 Å². The molecule has 0 atom stereocenters. The summed E-state index contributed by atoms with van der Waals surface area (Å²) in [6.07, 6.45) is 5.30. The predicted octanol–water partition coefficient (Wildman–Crippen LogP) is 2.11. The standard InChI is InChI=1S/C9H14BrN3O3/c10-8-7-12(11-9(8)13(15)16)5-3-1-2-4-6-14/h7,14H,1-6H2. The van der Waals surface area contributed by atoms with E-state index >= 15 is 0 Å². The molecule has 0 spiro atoms. The second kappa shape index (κ2) is 6.59. The van der Waals surface area contributed by atoms with Crippen LogP contribution in [-0.4, -0.2) is 26.4 Å². The van der Waals surface area contributed by atoms with Crippen molar-refractivity contribution >= 4 is 21.7 Å². The van der Waals surface area contributed by atoms with Crippen molar-refractivity contribution in [3.05, 3.63) is 20.8 Å². The summed E-state index contributed by atoms with van der Waals surface area (Å²) in [7, 11) is 0. The van der Waals surface area contributed by atoms with Crippen LogP contribution in [0.1, 0.15) is 25.7 Å². The number of aromatic nitrogens is 2. The maximum absolute atomic E-state index is 10.5. The molecule has 0 saturated carbocycles. The molecule has 0 amide bonds. The van der Waals surface area contributed by atoms with Crippen LogP contribution in [0.5, 0.6) is 0 Å². The molecular formula is C9H14BrN3O3. The van der Waals surface area contributed by atoms with Crippen LogP contribution in [0.25, 0.3) is 0 Å². The van der Waals surface area contributed by atoms with Crippen molar-refractivity contribution in [1.82, 2.24) is 9.78 Å². The van der Waals surface area contributed by atoms with Gasteiger partial charge in [0.1, 0.15) is 4.47 Å². The number of nitro groups is 1. The molecular weight excluding hydrogens is 278 g/mol. The Morgan fingerprint density at radius 1 is 1.44 bits per heavy atom. The van der Waals surface area contributed by atoms with Gasteiger partial charge in [-0.3, -0.25) is 0 Å². The van der Waals surface area contributed by atoms with Crippen molar-refractivity contribution in [1.29, 1.82) is 0 Å². The summed E-state index contributed by atoms with van der Waals surface area (Å²) in [4.78, 5) is 10.0. The minimum Gasteiger partial charge on any atom is -0.396 e. The molecule has 0 aromatic carbocycles. The van der Waals surface area contributed by atoms with Crippen LogP contribution in [0.15, 0.2) is 10.7 Å². The lowest BCUT2D eigenvalue weighted by Crippen LogP contribution is -2.00. The van der Waals surface area contributed by atoms with E-state index in [4.69, 9.17) is 5.11 Å². The smallest absolute Gasteiger partial charge is 0.396 e. The Balaban J connectivity index is 2.37. The molecule has 0 aliphatic rings. The van der Waals surface area contributed by atoms with Gasteiger partial charge in [-0.25, -0.2) is 0 Å². The SMILES string of the molecule is O=[N+]([O-])c1nn(CCCCCCO)cc1Br. The Bertz CT molecular complexity index is 354. The van der Waals surface area contributed by atoms with Crippen molar-refractivity contribution in [2.24, 2.45) is 0 Å². The van der Waals surface area contributed by atoms with E-state index in [1.807, 2.05) is 0 Å². The molecule has 0 saturated heterocycles. The predicted molar refractivity (Wildman–Crippen MR) is 62.1 cm³/mol. The third-order valence-electron chi connectivity index (χ3n) is 2.17. The topological polar surface area (TPSA) is 81.2 Å². The highest BCUT2D eigenvalue weighted by molar-refractivity contribution is 9.10. The van der Waals surface area contributed by atoms with Crippen LogP contribution in [0.4, 0.5) is 5.82 Å². The average molecular weight is 292 g/mol. The summed E-state index contributed by atoms with van der Waals surface area (Å²) in [5.74, 6) is -0.143. The molecule has 0 bridgehead atoms. The van der Waals surface area contributed by atoms with Gasteiger partial charge in [0.05, 0.1) is 17.8 Å². The van der Waals surface area contributed by atoms with Gasteiger partial charge in [-0.05, 0) is 33.7 Å². The van der Waals surface area contributed by atoms with E-state index in [1.54, 1.807) is 10.9 Å². The highest BCUT2D eigenvalue weighted by Gasteiger charge is 2.17. The highest BCUT2D eigenvalue weighted by Crippen LogP contribution is 2.22. The summed E-state index contributed by atoms with van der Waals surface area (Å²) >= 11 is 3.09. The van der Waals surface area contributed by atoms with Crippen LogP contribution in [0, 0.1) is 10.1 Å². The number of hydrogen-bond acceptors (Lipinski definition) is 4. The molecule has 0 aliphatic heterocycles. The minimum atomic E-state index is -0.508. The van der Waals surface area contributed by atoms with E-state index < -0.39 is 4.92 Å². The number of hydrogen-bond donors (Lipinski definition) is 1. The third kappa shape index (κ3) is 3.90. The molecule has 7 heteroatoms. The molecule has 1 aromatic heterocycles. The van der Waals surface area contributed by atoms with E-state index in [9.17, 15) is 10.1 Å². The fraction of sp³-hybridized carbons (Fsp3) is 0.667. The summed E-state index contributed by atoms with van der Waals surface area (Å²) in [5.41, 5.74) is 0. The van der Waals surface area contributed by atoms with E-state index in [0.717, 1.165) is 25.7 Å². The number of rotatable bonds is 7. The van der Waals surface area contributed by atoms with Crippen LogP contribution < -0.4 is 0 Å². The Hall–Kier alpha value is -0.950. The largest absolute Gasteiger partial charge is 0.404 e. The van der Waals surface area contributed by atoms with E-state index in [1.165, 1.54) is 0 Å². The van der Waals surface area contributed by atoms with Gasteiger partial charge in [-0.15, -0.1) is 0 Å². The first-order valence-corrected chi connectivity index (χ1v) is 5.92. The lowest BCUT2D eigenvalue weighted by atomic mass is 10.2. The number of aliphatic hydroxyl groups excluding tert-OH is 1. The third-order valence-corrected chi connectivity index (χ3v) is 2.73. The molecule has 0 unspecified atom stereocenters. The van der Waals surface area contributed by atoms with Gasteiger partial charge in [0.2, 0.25) is 0 Å². The molecule has 1 heterocycles. The van der Waals surface area contributed by atoms with Gasteiger partial charge in [0.25, 0.3) is 0 Å². The molecule has 16 heavy (non-hydrogen) atoms. The van der Waals surface area contributed by atoms with Gasteiger partial charge in [-0.2, -0.15) is 4.68 Å². The average Bonchev–Trinajstić information content (AvgIpc) is 2.59. The monoisotopic (exact) mass is 291 g/mol. The van der Waals surface area contributed by atoms with Crippen LogP contribution in [-0.2, 0) is 6.54 Å². The first-order valence-electron chi connectivity index (χ1n) is 5.13. The number of halogens is 1. The fourth-order valence-corrected chi connectivity index (χ4v) is 1.82. The molecule has 1 aromatic rings. The zero-order chi connectivity index (χ0) is 12.0. The minimum absolute atomic E-state index is 0.143. The van der Waals surface area contributed by atoms with Crippen LogP contribution >= 0.6 is 15.9 Å². The van der Waals surface area contributed by atoms with Gasteiger partial charge in [-0.1, -0.05) is 12.8 Å². The summed E-state index contributed by atoms with van der Waals surface area (Å²) in [5, 5.41) is 23.0. The number of nitrogens with zero attached hydrogens (tertiary/aromatic N) is 3. The van der Waals surface area contributed by atoms with Gasteiger partial charge in [0, 0.05) is 6.61 Å². The van der Waals surface area contributed by atoms with Gasteiger partial charge in [0.15, 0.2) is 0 Å². The van der Waals surface area contributed by atoms with Gasteiger partial charge < -0.3 is 15.2 Å². The van der Waals surface area contributed by atoms with Crippen molar-refractivity contribution in [3.63, 3.8) is 0 Å². The molecule has 90 valence electrons. The first-order chi connectivity index (χ1) is 7.65. The Morgan fingerprint density at radius 2 is 2.12 bits per heavy atom. The Labute approximate surface area is 102 Å². The van der Waals surface area contributed by atoms with Crippen molar-refractivity contribution in [2.45, 2.75) is 32.2 Å². The van der Waals surface area contributed by atoms with Crippen LogP contribution in [0.3, 0.4) is 0 Å². The zero-order valence-corrected chi connectivity index (χ0v) is 10.4. The number of aryl methyl sites for hydroxylation is 1. The maximum Gasteiger partial charge on any atom is 0.404 e. The lowest BCUT2D eigenvalue weighted by Gasteiger charge is -1.97. The molecule has 0 radical (unpaired) electrons. The van der Waals surface area contributed by atoms with Crippen LogP contribution in [0.2, 0.25) is 0 Å². The van der Waals surface area contributed by atoms with E-state index in [-0.39, 0.29) is 12.4 Å². The van der Waals surface area contributed by atoms with Crippen molar-refractivity contribution in [2.75, 3.05) is 6.61 Å². The zero-order valence-electron chi connectivity index (χ0n) is 8.80. The second-order valence-corrected chi connectivity index (χ2v) is 4.31. The normalized spacial score (nSPS) is 10.6. The molecule has 6 nitrogen and oxygen atoms in total. The summed E-state index contributed by atoms with van der Waals surface area (Å²) in [6.45, 7) is 0.886. The Morgan fingerprint density at radius 3 is 2.69 bits per heavy atom. The number of aliphatic hydroxyl groups is 1. The quantitative estimate of drug-likeness (QED) is 0.474. The second-order valence-electron chi connectivity index (χ2n) is 3.46. The molecule has 1 rings (SSSR count). The number of unbranched alkanes of at least 4 members (excludes halogenated alkanes) is 3. The first kappa shape index (κ1) is 13.1.